The van der Waals surface area contributed by atoms with Crippen molar-refractivity contribution in [1.29, 1.82) is 0 Å². The second kappa shape index (κ2) is 8.52. The first-order chi connectivity index (χ1) is 16.4. The van der Waals surface area contributed by atoms with Gasteiger partial charge in [0.15, 0.2) is 17.2 Å². The second-order valence-electron chi connectivity index (χ2n) is 8.37. The van der Waals surface area contributed by atoms with E-state index in [1.54, 1.807) is 6.92 Å². The van der Waals surface area contributed by atoms with Gasteiger partial charge in [-0.05, 0) is 54.7 Å². The quantitative estimate of drug-likeness (QED) is 0.406. The maximum atomic E-state index is 14.1. The Morgan fingerprint density at radius 1 is 1.23 bits per heavy atom. The summed E-state index contributed by atoms with van der Waals surface area (Å²) in [6, 6.07) is 4.63. The highest BCUT2D eigenvalue weighted by atomic mass is 19.4. The number of carbonyl (C=O) groups excluding carboxylic acids is 1. The van der Waals surface area contributed by atoms with Crippen molar-refractivity contribution in [3.63, 3.8) is 0 Å². The van der Waals surface area contributed by atoms with Crippen molar-refractivity contribution < 1.29 is 37.0 Å². The molecule has 4 rings (SSSR count). The van der Waals surface area contributed by atoms with Crippen LogP contribution in [0.5, 0.6) is 5.75 Å². The third-order valence-corrected chi connectivity index (χ3v) is 6.34. The number of nitrogens with zero attached hydrogens (tertiary/aromatic N) is 2. The van der Waals surface area contributed by atoms with E-state index in [0.29, 0.717) is 5.69 Å². The number of carbonyl (C=O) groups is 1. The van der Waals surface area contributed by atoms with E-state index in [-0.39, 0.29) is 28.9 Å². The van der Waals surface area contributed by atoms with Crippen molar-refractivity contribution in [2.45, 2.75) is 43.5 Å². The molecule has 0 bridgehead atoms. The minimum absolute atomic E-state index is 0.0699. The van der Waals surface area contributed by atoms with Crippen LogP contribution in [0.3, 0.4) is 0 Å². The number of alkyl halides is 3. The molecule has 0 unspecified atom stereocenters. The fraction of sp³-hybridized carbons (Fsp3) is 0.304. The van der Waals surface area contributed by atoms with Crippen molar-refractivity contribution in [3.05, 3.63) is 70.9 Å². The molecule has 3 atom stereocenters. The number of aromatic hydroxyl groups is 1. The van der Waals surface area contributed by atoms with Crippen LogP contribution >= 0.6 is 0 Å². The maximum Gasteiger partial charge on any atom is 0.419 e. The molecule has 12 heteroatoms. The van der Waals surface area contributed by atoms with E-state index in [1.807, 2.05) is 0 Å². The van der Waals surface area contributed by atoms with Gasteiger partial charge >= 0.3 is 6.18 Å². The van der Waals surface area contributed by atoms with Gasteiger partial charge in [-0.1, -0.05) is 13.0 Å². The molecule has 5 N–H and O–H groups in total. The number of nitrogens with two attached hydrogens (primary N) is 1. The molecule has 0 fully saturated rings. The van der Waals surface area contributed by atoms with E-state index in [0.717, 1.165) is 35.1 Å². The summed E-state index contributed by atoms with van der Waals surface area (Å²) in [5.41, 5.74) is 2.19. The number of amides is 1. The monoisotopic (exact) mass is 496 g/mol. The summed E-state index contributed by atoms with van der Waals surface area (Å²) in [4.78, 5) is 13.0. The Kier molecular flexibility index (Phi) is 5.95. The van der Waals surface area contributed by atoms with E-state index >= 15 is 0 Å². The molecule has 1 aliphatic carbocycles. The molecular formula is C23H21F5N4O3. The number of hydrogen-bond donors (Lipinski definition) is 4. The predicted octanol–water partition coefficient (Wildman–Crippen LogP) is 4.10. The van der Waals surface area contributed by atoms with Crippen LogP contribution in [0.4, 0.5) is 27.8 Å². The number of nitrogens with one attached hydrogen (secondary N) is 1. The van der Waals surface area contributed by atoms with Crippen molar-refractivity contribution in [2.24, 2.45) is 0 Å². The second-order valence-corrected chi connectivity index (χ2v) is 8.37. The topological polar surface area (TPSA) is 113 Å². The lowest BCUT2D eigenvalue weighted by Gasteiger charge is -2.45. The van der Waals surface area contributed by atoms with Crippen molar-refractivity contribution >= 4 is 11.7 Å². The number of phenols is 1. The lowest BCUT2D eigenvalue weighted by molar-refractivity contribution is -0.277. The van der Waals surface area contributed by atoms with Gasteiger partial charge in [0.2, 0.25) is 0 Å². The molecule has 35 heavy (non-hydrogen) atoms. The number of anilines is 1. The fourth-order valence-electron chi connectivity index (χ4n) is 4.49. The molecule has 1 aliphatic rings. The summed E-state index contributed by atoms with van der Waals surface area (Å²) in [7, 11) is 0. The Bertz CT molecular complexity index is 1280. The van der Waals surface area contributed by atoms with Crippen LogP contribution in [0.25, 0.3) is 5.69 Å². The van der Waals surface area contributed by atoms with Crippen LogP contribution in [0.15, 0.2) is 42.6 Å². The normalized spacial score (nSPS) is 22.0. The number of halogens is 5. The fourth-order valence-corrected chi connectivity index (χ4v) is 4.49. The molecule has 7 nitrogen and oxygen atoms in total. The summed E-state index contributed by atoms with van der Waals surface area (Å²) >= 11 is 0. The smallest absolute Gasteiger partial charge is 0.419 e. The number of nitrogen functional groups attached to an aromatic ring is 1. The Hall–Kier alpha value is -3.67. The number of benzene rings is 2. The molecule has 0 aliphatic heterocycles. The average molecular weight is 496 g/mol. The molecule has 2 aromatic carbocycles. The summed E-state index contributed by atoms with van der Waals surface area (Å²) in [5.74, 6) is -4.74. The highest BCUT2D eigenvalue weighted by Gasteiger charge is 2.62. The first-order valence-electron chi connectivity index (χ1n) is 10.6. The summed E-state index contributed by atoms with van der Waals surface area (Å²) in [5, 5.41) is 27.2. The number of phenolic OH excluding ortho intramolecular Hbond substituents is 1. The predicted molar refractivity (Wildman–Crippen MR) is 115 cm³/mol. The Morgan fingerprint density at radius 2 is 1.89 bits per heavy atom. The largest absolute Gasteiger partial charge is 0.505 e. The molecule has 1 heterocycles. The molecule has 1 aromatic heterocycles. The van der Waals surface area contributed by atoms with E-state index in [1.165, 1.54) is 12.1 Å². The van der Waals surface area contributed by atoms with Gasteiger partial charge in [0, 0.05) is 5.56 Å². The van der Waals surface area contributed by atoms with Gasteiger partial charge in [0.05, 0.1) is 17.9 Å². The molecule has 0 saturated carbocycles. The van der Waals surface area contributed by atoms with Crippen molar-refractivity contribution in [1.82, 2.24) is 15.1 Å². The molecular weight excluding hydrogens is 475 g/mol. The Morgan fingerprint density at radius 3 is 2.49 bits per heavy atom. The van der Waals surface area contributed by atoms with Gasteiger partial charge in [-0.3, -0.25) is 4.79 Å². The lowest BCUT2D eigenvalue weighted by atomic mass is 9.69. The highest BCUT2D eigenvalue weighted by Crippen LogP contribution is 2.54. The van der Waals surface area contributed by atoms with Gasteiger partial charge < -0.3 is 21.3 Å². The number of rotatable bonds is 4. The minimum atomic E-state index is -5.18. The third kappa shape index (κ3) is 3.97. The lowest BCUT2D eigenvalue weighted by Crippen LogP contribution is -2.58. The highest BCUT2D eigenvalue weighted by molar-refractivity contribution is 5.98. The van der Waals surface area contributed by atoms with Crippen LogP contribution in [0.2, 0.25) is 0 Å². The Labute approximate surface area is 196 Å². The number of hydrogen-bond acceptors (Lipinski definition) is 5. The van der Waals surface area contributed by atoms with Gasteiger partial charge in [-0.2, -0.15) is 18.3 Å². The molecule has 0 radical (unpaired) electrons. The van der Waals surface area contributed by atoms with E-state index in [9.17, 15) is 37.0 Å². The van der Waals surface area contributed by atoms with Crippen LogP contribution in [0, 0.1) is 11.6 Å². The molecule has 3 aromatic rings. The first-order valence-corrected chi connectivity index (χ1v) is 10.6. The summed E-state index contributed by atoms with van der Waals surface area (Å²) in [6.07, 6.45) is -5.00. The number of aromatic nitrogens is 2. The van der Waals surface area contributed by atoms with Crippen LogP contribution < -0.4 is 11.1 Å². The number of aliphatic hydroxyl groups is 1. The summed E-state index contributed by atoms with van der Waals surface area (Å²) < 4.78 is 70.8. The zero-order chi connectivity index (χ0) is 25.7. The van der Waals surface area contributed by atoms with Gasteiger partial charge in [-0.15, -0.1) is 0 Å². The van der Waals surface area contributed by atoms with E-state index in [4.69, 9.17) is 5.73 Å². The molecule has 1 amide bonds. The van der Waals surface area contributed by atoms with Crippen LogP contribution in [0.1, 0.15) is 53.2 Å². The van der Waals surface area contributed by atoms with Crippen molar-refractivity contribution in [2.75, 3.05) is 5.73 Å². The molecule has 0 spiro atoms. The standard InChI is InChI=1S/C23H21F5N4O3/c1-2-11-9-22(35,23(26,27)28)19(14-7-8-16(25)18(33)17(11)14)31-21(34)15-10-30-32(20(15)29)13-5-3-12(24)4-6-13/h3-8,10-11,19,33,35H,2,9,29H2,1H3,(H,31,34)/t11-,19+,22+/m1/s1. The molecule has 186 valence electrons. The van der Waals surface area contributed by atoms with Crippen molar-refractivity contribution in [3.8, 4) is 11.4 Å². The van der Waals surface area contributed by atoms with E-state index < -0.39 is 53.4 Å². The minimum Gasteiger partial charge on any atom is -0.505 e. The average Bonchev–Trinajstić information content (AvgIpc) is 3.18. The Balaban J connectivity index is 1.77. The maximum absolute atomic E-state index is 14.1. The van der Waals surface area contributed by atoms with Crippen LogP contribution in [-0.4, -0.2) is 37.7 Å². The van der Waals surface area contributed by atoms with Gasteiger partial charge in [0.1, 0.15) is 17.2 Å². The SMILES string of the molecule is CC[C@@H]1C[C@@](O)(C(F)(F)F)[C@@H](NC(=O)c2cnn(-c3ccc(F)cc3)c2N)c2ccc(F)c(O)c21. The zero-order valence-corrected chi connectivity index (χ0v) is 18.3. The zero-order valence-electron chi connectivity index (χ0n) is 18.3. The number of fused-ring (bicyclic) bond motifs is 1. The first kappa shape index (κ1) is 24.5. The van der Waals surface area contributed by atoms with E-state index in [2.05, 4.69) is 10.4 Å². The van der Waals surface area contributed by atoms with Gasteiger partial charge in [0.25, 0.3) is 5.91 Å². The van der Waals surface area contributed by atoms with Crippen LogP contribution in [-0.2, 0) is 0 Å². The third-order valence-electron chi connectivity index (χ3n) is 6.34. The summed E-state index contributed by atoms with van der Waals surface area (Å²) in [6.45, 7) is 1.54. The van der Waals surface area contributed by atoms with Gasteiger partial charge in [-0.25, -0.2) is 13.5 Å². The molecule has 0 saturated heterocycles.